The first-order chi connectivity index (χ1) is 13.8. The van der Waals surface area contributed by atoms with Gasteiger partial charge in [0, 0.05) is 48.4 Å². The van der Waals surface area contributed by atoms with Crippen LogP contribution in [0.1, 0.15) is 49.7 Å². The van der Waals surface area contributed by atoms with Crippen LogP contribution in [0.4, 0.5) is 0 Å². The quantitative estimate of drug-likeness (QED) is 0.741. The first kappa shape index (κ1) is 19.4. The maximum absolute atomic E-state index is 12.9. The molecule has 152 valence electrons. The highest BCUT2D eigenvalue weighted by atomic mass is 16.2. The highest BCUT2D eigenvalue weighted by Gasteiger charge is 2.25. The number of H-pyrrole nitrogens is 1. The number of piperidine rings is 1. The molecule has 1 saturated heterocycles. The van der Waals surface area contributed by atoms with Gasteiger partial charge in [0.2, 0.25) is 0 Å². The van der Waals surface area contributed by atoms with Gasteiger partial charge in [-0.3, -0.25) is 9.59 Å². The van der Waals surface area contributed by atoms with E-state index < -0.39 is 0 Å². The zero-order chi connectivity index (χ0) is 20.6. The Kier molecular flexibility index (Phi) is 5.03. The minimum Gasteiger partial charge on any atom is -0.361 e. The fourth-order valence-corrected chi connectivity index (χ4v) is 3.91. The molecule has 2 aromatic heterocycles. The molecular formula is C23H28N4O2. The Bertz CT molecular complexity index is 1080. The van der Waals surface area contributed by atoms with Gasteiger partial charge in [-0.05, 0) is 48.4 Å². The van der Waals surface area contributed by atoms with Gasteiger partial charge in [0.05, 0.1) is 5.69 Å². The molecule has 1 aliphatic rings. The van der Waals surface area contributed by atoms with Crippen LogP contribution < -0.4 is 5.56 Å². The van der Waals surface area contributed by atoms with E-state index in [9.17, 15) is 9.59 Å². The van der Waals surface area contributed by atoms with Gasteiger partial charge in [0.25, 0.3) is 11.5 Å². The lowest BCUT2D eigenvalue weighted by Crippen LogP contribution is -2.40. The summed E-state index contributed by atoms with van der Waals surface area (Å²) in [5.41, 5.74) is 2.47. The van der Waals surface area contributed by atoms with Crippen molar-refractivity contribution in [2.75, 3.05) is 13.1 Å². The van der Waals surface area contributed by atoms with Crippen LogP contribution >= 0.6 is 0 Å². The van der Waals surface area contributed by atoms with Crippen molar-refractivity contribution in [3.05, 3.63) is 64.2 Å². The molecule has 0 aliphatic carbocycles. The summed E-state index contributed by atoms with van der Waals surface area (Å²) >= 11 is 0. The third-order valence-electron chi connectivity index (χ3n) is 5.77. The van der Waals surface area contributed by atoms with Crippen molar-refractivity contribution in [1.29, 1.82) is 0 Å². The van der Waals surface area contributed by atoms with E-state index in [0.717, 1.165) is 29.4 Å². The van der Waals surface area contributed by atoms with Gasteiger partial charge >= 0.3 is 0 Å². The second kappa shape index (κ2) is 7.50. The minimum atomic E-state index is -0.0918. The molecule has 0 bridgehead atoms. The number of rotatable bonds is 3. The van der Waals surface area contributed by atoms with Crippen LogP contribution in [0.15, 0.2) is 47.4 Å². The van der Waals surface area contributed by atoms with Crippen LogP contribution in [-0.2, 0) is 12.0 Å². The van der Waals surface area contributed by atoms with Gasteiger partial charge in [-0.15, -0.1) is 0 Å². The predicted molar refractivity (Wildman–Crippen MR) is 114 cm³/mol. The van der Waals surface area contributed by atoms with E-state index >= 15 is 0 Å². The van der Waals surface area contributed by atoms with Crippen molar-refractivity contribution in [3.63, 3.8) is 0 Å². The zero-order valence-electron chi connectivity index (χ0n) is 17.3. The third-order valence-corrected chi connectivity index (χ3v) is 5.77. The third kappa shape index (κ3) is 4.11. The fourth-order valence-electron chi connectivity index (χ4n) is 3.91. The van der Waals surface area contributed by atoms with Crippen molar-refractivity contribution >= 4 is 16.8 Å². The number of carbonyl (C=O) groups excluding carboxylic acids is 1. The Hall–Kier alpha value is -2.89. The number of nitrogens with one attached hydrogen (secondary N) is 1. The number of nitrogens with zero attached hydrogens (tertiary/aromatic N) is 3. The highest BCUT2D eigenvalue weighted by Crippen LogP contribution is 2.23. The normalized spacial score (nSPS) is 15.8. The smallest absolute Gasteiger partial charge is 0.266 e. The lowest BCUT2D eigenvalue weighted by atomic mass is 9.92. The summed E-state index contributed by atoms with van der Waals surface area (Å²) in [5.74, 6) is 0.426. The molecule has 1 N–H and O–H groups in total. The molecule has 6 heteroatoms. The average molecular weight is 393 g/mol. The maximum Gasteiger partial charge on any atom is 0.266 e. The highest BCUT2D eigenvalue weighted by molar-refractivity contribution is 5.97. The molecule has 0 atom stereocenters. The molecule has 4 rings (SSSR count). The first-order valence-electron chi connectivity index (χ1n) is 10.3. The van der Waals surface area contributed by atoms with Crippen molar-refractivity contribution in [3.8, 4) is 0 Å². The Morgan fingerprint density at radius 1 is 1.14 bits per heavy atom. The van der Waals surface area contributed by atoms with Gasteiger partial charge in [-0.25, -0.2) is 4.68 Å². The minimum absolute atomic E-state index is 0.0595. The maximum atomic E-state index is 12.9. The Labute approximate surface area is 170 Å². The summed E-state index contributed by atoms with van der Waals surface area (Å²) < 4.78 is 1.60. The van der Waals surface area contributed by atoms with Gasteiger partial charge in [-0.2, -0.15) is 5.10 Å². The number of likely N-dealkylation sites (tertiary alicyclic amines) is 1. The monoisotopic (exact) mass is 392 g/mol. The number of hydrogen-bond donors (Lipinski definition) is 1. The van der Waals surface area contributed by atoms with E-state index in [1.165, 1.54) is 0 Å². The van der Waals surface area contributed by atoms with Gasteiger partial charge < -0.3 is 9.88 Å². The summed E-state index contributed by atoms with van der Waals surface area (Å²) in [6, 6.07) is 11.2. The van der Waals surface area contributed by atoms with Crippen molar-refractivity contribution < 1.29 is 4.79 Å². The molecule has 0 spiro atoms. The largest absolute Gasteiger partial charge is 0.361 e. The summed E-state index contributed by atoms with van der Waals surface area (Å²) in [4.78, 5) is 30.2. The molecule has 1 aromatic carbocycles. The number of benzene rings is 1. The Morgan fingerprint density at radius 2 is 1.90 bits per heavy atom. The molecular weight excluding hydrogens is 364 g/mol. The second-order valence-electron chi connectivity index (χ2n) is 9.00. The summed E-state index contributed by atoms with van der Waals surface area (Å²) in [7, 11) is 0. The number of aromatic nitrogens is 3. The predicted octanol–water partition coefficient (Wildman–Crippen LogP) is 3.57. The van der Waals surface area contributed by atoms with Crippen LogP contribution in [0.25, 0.3) is 10.9 Å². The lowest BCUT2D eigenvalue weighted by Gasteiger charge is -2.32. The van der Waals surface area contributed by atoms with E-state index in [-0.39, 0.29) is 16.9 Å². The van der Waals surface area contributed by atoms with Crippen LogP contribution in [0.3, 0.4) is 0 Å². The van der Waals surface area contributed by atoms with E-state index in [1.807, 2.05) is 41.4 Å². The second-order valence-corrected chi connectivity index (χ2v) is 9.00. The average Bonchev–Trinajstić information content (AvgIpc) is 3.16. The first-order valence-corrected chi connectivity index (χ1v) is 10.3. The topological polar surface area (TPSA) is 71.0 Å². The standard InChI is InChI=1S/C23H28N4O2/c1-23(2,3)20-6-7-21(28)27(25-20)15-16-9-12-26(13-10-16)22(29)18-5-4-17-8-11-24-19(17)14-18/h4-8,11,14,16,24H,9-10,12-13,15H2,1-3H3. The summed E-state index contributed by atoms with van der Waals surface area (Å²) in [6.45, 7) is 8.32. The number of amides is 1. The zero-order valence-corrected chi connectivity index (χ0v) is 17.3. The van der Waals surface area contributed by atoms with Crippen LogP contribution in [0.5, 0.6) is 0 Å². The van der Waals surface area contributed by atoms with Gasteiger partial charge in [-0.1, -0.05) is 26.8 Å². The van der Waals surface area contributed by atoms with E-state index in [1.54, 1.807) is 10.7 Å². The summed E-state index contributed by atoms with van der Waals surface area (Å²) in [5, 5.41) is 5.69. The lowest BCUT2D eigenvalue weighted by molar-refractivity contribution is 0.0680. The number of carbonyl (C=O) groups is 1. The molecule has 29 heavy (non-hydrogen) atoms. The SMILES string of the molecule is CC(C)(C)c1ccc(=O)n(CC2CCN(C(=O)c3ccc4cc[nH]c4c3)CC2)n1. The van der Waals surface area contributed by atoms with E-state index in [2.05, 4.69) is 30.9 Å². The van der Waals surface area contributed by atoms with E-state index in [0.29, 0.717) is 31.1 Å². The molecule has 0 unspecified atom stereocenters. The molecule has 3 aromatic rings. The van der Waals surface area contributed by atoms with Crippen LogP contribution in [-0.4, -0.2) is 38.7 Å². The fraction of sp³-hybridized carbons (Fsp3) is 0.435. The van der Waals surface area contributed by atoms with Crippen molar-refractivity contribution in [2.45, 2.75) is 45.6 Å². The molecule has 1 amide bonds. The number of fused-ring (bicyclic) bond motifs is 1. The Balaban J connectivity index is 1.40. The van der Waals surface area contributed by atoms with Crippen molar-refractivity contribution in [2.24, 2.45) is 5.92 Å². The van der Waals surface area contributed by atoms with Crippen molar-refractivity contribution in [1.82, 2.24) is 19.7 Å². The molecule has 3 heterocycles. The van der Waals surface area contributed by atoms with Crippen LogP contribution in [0, 0.1) is 5.92 Å². The number of hydrogen-bond acceptors (Lipinski definition) is 3. The molecule has 6 nitrogen and oxygen atoms in total. The molecule has 1 fully saturated rings. The molecule has 0 radical (unpaired) electrons. The molecule has 1 aliphatic heterocycles. The van der Waals surface area contributed by atoms with Gasteiger partial charge in [0.15, 0.2) is 0 Å². The molecule has 0 saturated carbocycles. The van der Waals surface area contributed by atoms with Crippen LogP contribution in [0.2, 0.25) is 0 Å². The van der Waals surface area contributed by atoms with E-state index in [4.69, 9.17) is 0 Å². The van der Waals surface area contributed by atoms with Gasteiger partial charge in [0.1, 0.15) is 0 Å². The summed E-state index contributed by atoms with van der Waals surface area (Å²) in [6.07, 6.45) is 3.64. The Morgan fingerprint density at radius 3 is 2.62 bits per heavy atom. The number of aromatic amines is 1.